The number of benzene rings is 2. The topological polar surface area (TPSA) is 92.7 Å². The van der Waals surface area contributed by atoms with E-state index in [1.807, 2.05) is 6.07 Å². The summed E-state index contributed by atoms with van der Waals surface area (Å²) in [5, 5.41) is 11.0. The number of nitrogens with one attached hydrogen (secondary N) is 1. The SMILES string of the molecule is CNC(=O)Oc1cc(C)c(S(C)(=O)=O)c(C)c1.Oc1ccccc1. The van der Waals surface area contributed by atoms with Gasteiger partial charge in [-0.15, -0.1) is 0 Å². The minimum Gasteiger partial charge on any atom is -0.508 e. The van der Waals surface area contributed by atoms with Crippen LogP contribution in [0.1, 0.15) is 11.1 Å². The van der Waals surface area contributed by atoms with E-state index >= 15 is 0 Å². The molecule has 130 valence electrons. The molecule has 2 N–H and O–H groups in total. The summed E-state index contributed by atoms with van der Waals surface area (Å²) < 4.78 is 28.0. The number of amides is 1. The van der Waals surface area contributed by atoms with Gasteiger partial charge in [0, 0.05) is 13.3 Å². The van der Waals surface area contributed by atoms with Gasteiger partial charge in [0.2, 0.25) is 0 Å². The molecule has 0 saturated heterocycles. The molecular weight excluding hydrogens is 330 g/mol. The maximum Gasteiger partial charge on any atom is 0.412 e. The summed E-state index contributed by atoms with van der Waals surface area (Å²) in [5.41, 5.74) is 1.12. The highest BCUT2D eigenvalue weighted by atomic mass is 32.2. The fourth-order valence-corrected chi connectivity index (χ4v) is 3.43. The Labute approximate surface area is 142 Å². The molecule has 2 aromatic rings. The monoisotopic (exact) mass is 351 g/mol. The first-order chi connectivity index (χ1) is 11.1. The fraction of sp³-hybridized carbons (Fsp3) is 0.235. The van der Waals surface area contributed by atoms with Gasteiger partial charge in [-0.05, 0) is 49.2 Å². The average Bonchev–Trinajstić information content (AvgIpc) is 2.46. The van der Waals surface area contributed by atoms with Crippen LogP contribution in [0.5, 0.6) is 11.5 Å². The molecule has 7 heteroatoms. The van der Waals surface area contributed by atoms with Crippen molar-refractivity contribution in [2.75, 3.05) is 13.3 Å². The molecule has 1 amide bonds. The zero-order valence-corrected chi connectivity index (χ0v) is 14.8. The lowest BCUT2D eigenvalue weighted by Crippen LogP contribution is -2.22. The van der Waals surface area contributed by atoms with Crippen LogP contribution in [0, 0.1) is 13.8 Å². The molecule has 0 bridgehead atoms. The molecule has 0 aromatic heterocycles. The number of hydrogen-bond acceptors (Lipinski definition) is 5. The summed E-state index contributed by atoms with van der Waals surface area (Å²) in [6, 6.07) is 11.8. The molecule has 24 heavy (non-hydrogen) atoms. The largest absolute Gasteiger partial charge is 0.508 e. The Hall–Kier alpha value is -2.54. The molecular formula is C17H21NO5S. The summed E-state index contributed by atoms with van der Waals surface area (Å²) in [4.78, 5) is 11.3. The number of para-hydroxylation sites is 1. The lowest BCUT2D eigenvalue weighted by Gasteiger charge is -2.10. The van der Waals surface area contributed by atoms with E-state index in [1.54, 1.807) is 38.1 Å². The number of phenolic OH excluding ortho intramolecular Hbond substituents is 1. The zero-order valence-electron chi connectivity index (χ0n) is 14.0. The highest BCUT2D eigenvalue weighted by Crippen LogP contribution is 2.25. The second kappa shape index (κ2) is 8.35. The summed E-state index contributed by atoms with van der Waals surface area (Å²) >= 11 is 0. The van der Waals surface area contributed by atoms with Crippen LogP contribution in [-0.2, 0) is 9.84 Å². The minimum absolute atomic E-state index is 0.279. The Morgan fingerprint density at radius 2 is 1.58 bits per heavy atom. The minimum atomic E-state index is -3.27. The lowest BCUT2D eigenvalue weighted by atomic mass is 10.1. The molecule has 0 aliphatic carbocycles. The van der Waals surface area contributed by atoms with Gasteiger partial charge in [-0.25, -0.2) is 13.2 Å². The molecule has 0 aliphatic rings. The Bertz CT molecular complexity index is 778. The third kappa shape index (κ3) is 5.92. The van der Waals surface area contributed by atoms with Crippen molar-refractivity contribution in [3.63, 3.8) is 0 Å². The summed E-state index contributed by atoms with van der Waals surface area (Å²) in [5.74, 6) is 0.647. The Balaban J connectivity index is 0.000000341. The standard InChI is InChI=1S/C11H15NO4S.C6H6O/c1-7-5-9(16-11(13)12-3)6-8(2)10(7)17(4,14)15;7-6-4-2-1-3-5-6/h5-6H,1-4H3,(H,12,13);1-5,7H. The number of carbonyl (C=O) groups is 1. The number of aromatic hydroxyl groups is 1. The van der Waals surface area contributed by atoms with Crippen molar-refractivity contribution in [2.45, 2.75) is 18.7 Å². The molecule has 0 unspecified atom stereocenters. The number of ether oxygens (including phenoxy) is 1. The number of rotatable bonds is 2. The maximum absolute atomic E-state index is 11.5. The van der Waals surface area contributed by atoms with Crippen molar-refractivity contribution in [3.05, 3.63) is 53.6 Å². The fourth-order valence-electron chi connectivity index (χ4n) is 2.14. The van der Waals surface area contributed by atoms with Crippen molar-refractivity contribution in [3.8, 4) is 11.5 Å². The molecule has 0 fully saturated rings. The third-order valence-electron chi connectivity index (χ3n) is 2.98. The van der Waals surface area contributed by atoms with Gasteiger partial charge in [-0.3, -0.25) is 0 Å². The number of sulfone groups is 1. The molecule has 0 radical (unpaired) electrons. The highest BCUT2D eigenvalue weighted by molar-refractivity contribution is 7.90. The first-order valence-electron chi connectivity index (χ1n) is 7.10. The molecule has 2 rings (SSSR count). The van der Waals surface area contributed by atoms with Crippen LogP contribution in [0.3, 0.4) is 0 Å². The van der Waals surface area contributed by atoms with Crippen molar-refractivity contribution >= 4 is 15.9 Å². The first-order valence-corrected chi connectivity index (χ1v) is 8.99. The Morgan fingerprint density at radius 1 is 1.08 bits per heavy atom. The Kier molecular flexibility index (Phi) is 6.79. The normalized spacial score (nSPS) is 10.3. The van der Waals surface area contributed by atoms with Gasteiger partial charge in [0.1, 0.15) is 11.5 Å². The van der Waals surface area contributed by atoms with E-state index in [-0.39, 0.29) is 4.90 Å². The smallest absolute Gasteiger partial charge is 0.412 e. The van der Waals surface area contributed by atoms with Crippen LogP contribution < -0.4 is 10.1 Å². The second-order valence-corrected chi connectivity index (χ2v) is 7.09. The quantitative estimate of drug-likeness (QED) is 0.868. The van der Waals surface area contributed by atoms with Gasteiger partial charge >= 0.3 is 6.09 Å². The molecule has 0 heterocycles. The van der Waals surface area contributed by atoms with E-state index in [0.29, 0.717) is 22.6 Å². The molecule has 6 nitrogen and oxygen atoms in total. The van der Waals surface area contributed by atoms with Crippen molar-refractivity contribution in [1.29, 1.82) is 0 Å². The molecule has 2 aromatic carbocycles. The van der Waals surface area contributed by atoms with Crippen LogP contribution >= 0.6 is 0 Å². The Morgan fingerprint density at radius 3 is 1.92 bits per heavy atom. The molecule has 0 aliphatic heterocycles. The summed E-state index contributed by atoms with van der Waals surface area (Å²) in [7, 11) is -1.82. The molecule has 0 atom stereocenters. The second-order valence-electron chi connectivity index (χ2n) is 5.13. The number of aryl methyl sites for hydroxylation is 2. The number of hydrogen-bond donors (Lipinski definition) is 2. The zero-order chi connectivity index (χ0) is 18.3. The highest BCUT2D eigenvalue weighted by Gasteiger charge is 2.16. The molecule has 0 spiro atoms. The maximum atomic E-state index is 11.5. The predicted octanol–water partition coefficient (Wildman–Crippen LogP) is 2.82. The van der Waals surface area contributed by atoms with Crippen LogP contribution in [0.25, 0.3) is 0 Å². The van der Waals surface area contributed by atoms with Gasteiger partial charge in [0.15, 0.2) is 9.84 Å². The van der Waals surface area contributed by atoms with Crippen LogP contribution in [-0.4, -0.2) is 32.9 Å². The third-order valence-corrected chi connectivity index (χ3v) is 4.36. The first kappa shape index (κ1) is 19.5. The van der Waals surface area contributed by atoms with E-state index in [4.69, 9.17) is 9.84 Å². The van der Waals surface area contributed by atoms with Crippen molar-refractivity contribution in [1.82, 2.24) is 5.32 Å². The van der Waals surface area contributed by atoms with E-state index in [2.05, 4.69) is 5.32 Å². The van der Waals surface area contributed by atoms with Crippen molar-refractivity contribution in [2.24, 2.45) is 0 Å². The van der Waals surface area contributed by atoms with Crippen LogP contribution in [0.15, 0.2) is 47.4 Å². The van der Waals surface area contributed by atoms with E-state index in [1.165, 1.54) is 19.2 Å². The van der Waals surface area contributed by atoms with Crippen LogP contribution in [0.2, 0.25) is 0 Å². The molecule has 0 saturated carbocycles. The van der Waals surface area contributed by atoms with Gasteiger partial charge in [0.25, 0.3) is 0 Å². The van der Waals surface area contributed by atoms with Crippen LogP contribution in [0.4, 0.5) is 4.79 Å². The van der Waals surface area contributed by atoms with E-state index in [9.17, 15) is 13.2 Å². The predicted molar refractivity (Wildman–Crippen MR) is 92.2 cm³/mol. The van der Waals surface area contributed by atoms with Gasteiger partial charge in [-0.1, -0.05) is 18.2 Å². The summed E-state index contributed by atoms with van der Waals surface area (Å²) in [6.45, 7) is 3.33. The lowest BCUT2D eigenvalue weighted by molar-refractivity contribution is 0.203. The van der Waals surface area contributed by atoms with Gasteiger partial charge in [-0.2, -0.15) is 0 Å². The number of carbonyl (C=O) groups excluding carboxylic acids is 1. The number of phenols is 1. The van der Waals surface area contributed by atoms with E-state index in [0.717, 1.165) is 6.26 Å². The van der Waals surface area contributed by atoms with Crippen molar-refractivity contribution < 1.29 is 23.1 Å². The van der Waals surface area contributed by atoms with Gasteiger partial charge in [0.05, 0.1) is 4.90 Å². The van der Waals surface area contributed by atoms with E-state index < -0.39 is 15.9 Å². The summed E-state index contributed by atoms with van der Waals surface area (Å²) in [6.07, 6.45) is 0.567. The van der Waals surface area contributed by atoms with Gasteiger partial charge < -0.3 is 15.2 Å². The average molecular weight is 351 g/mol.